The van der Waals surface area contributed by atoms with E-state index in [0.717, 1.165) is 12.1 Å². The van der Waals surface area contributed by atoms with Crippen LogP contribution in [0.5, 0.6) is 0 Å². The molecule has 0 unspecified atom stereocenters. The number of piperazine rings is 1. The molecule has 1 aliphatic heterocycles. The number of carbonyl (C=O) groups excluding carboxylic acids is 1. The maximum Gasteiger partial charge on any atom is 0.254 e. The maximum absolute atomic E-state index is 13.3. The number of hydrogen-bond acceptors (Lipinski definition) is 5. The van der Waals surface area contributed by atoms with E-state index in [1.807, 2.05) is 13.8 Å². The number of carbonyl (C=O) groups is 1. The Morgan fingerprint density at radius 2 is 1.88 bits per heavy atom. The Balaban J connectivity index is 1.55. The Labute approximate surface area is 144 Å². The minimum atomic E-state index is -1.01. The van der Waals surface area contributed by atoms with Crippen LogP contribution in [0.1, 0.15) is 41.9 Å². The molecule has 0 saturated carbocycles. The molecule has 0 aliphatic carbocycles. The third-order valence-corrected chi connectivity index (χ3v) is 4.16. The first-order valence-corrected chi connectivity index (χ1v) is 8.23. The molecular weight excluding hydrogens is 330 g/mol. The first-order valence-electron chi connectivity index (χ1n) is 8.23. The number of aromatic nitrogens is 2. The van der Waals surface area contributed by atoms with E-state index in [4.69, 9.17) is 4.42 Å². The van der Waals surface area contributed by atoms with Gasteiger partial charge < -0.3 is 9.32 Å². The second-order valence-corrected chi connectivity index (χ2v) is 6.39. The molecule has 6 nitrogen and oxygen atoms in total. The van der Waals surface area contributed by atoms with Crippen LogP contribution in [0.4, 0.5) is 8.78 Å². The van der Waals surface area contributed by atoms with Crippen molar-refractivity contribution in [3.05, 3.63) is 47.2 Å². The molecule has 0 radical (unpaired) electrons. The number of benzene rings is 1. The lowest BCUT2D eigenvalue weighted by molar-refractivity contribution is 0.0617. The van der Waals surface area contributed by atoms with Crippen molar-refractivity contribution >= 4 is 5.91 Å². The summed E-state index contributed by atoms with van der Waals surface area (Å²) >= 11 is 0. The van der Waals surface area contributed by atoms with Crippen LogP contribution in [-0.2, 0) is 6.54 Å². The van der Waals surface area contributed by atoms with Crippen LogP contribution in [0.25, 0.3) is 0 Å². The largest absolute Gasteiger partial charge is 0.424 e. The summed E-state index contributed by atoms with van der Waals surface area (Å²) in [5, 5.41) is 8.04. The highest BCUT2D eigenvalue weighted by Crippen LogP contribution is 2.16. The van der Waals surface area contributed by atoms with Crippen LogP contribution in [0.15, 0.2) is 22.6 Å². The molecule has 3 rings (SSSR count). The highest BCUT2D eigenvalue weighted by molar-refractivity contribution is 5.94. The molecule has 1 saturated heterocycles. The highest BCUT2D eigenvalue weighted by Gasteiger charge is 2.24. The lowest BCUT2D eigenvalue weighted by Gasteiger charge is -2.34. The summed E-state index contributed by atoms with van der Waals surface area (Å²) in [6.45, 7) is 6.81. The van der Waals surface area contributed by atoms with Gasteiger partial charge in [-0.3, -0.25) is 9.69 Å². The zero-order chi connectivity index (χ0) is 18.0. The molecule has 134 valence electrons. The Bertz CT molecular complexity index is 755. The van der Waals surface area contributed by atoms with Crippen molar-refractivity contribution in [2.45, 2.75) is 26.3 Å². The summed E-state index contributed by atoms with van der Waals surface area (Å²) < 4.78 is 31.9. The average Bonchev–Trinajstić information content (AvgIpc) is 3.06. The first kappa shape index (κ1) is 17.5. The number of nitrogens with zero attached hydrogens (tertiary/aromatic N) is 4. The van der Waals surface area contributed by atoms with Gasteiger partial charge in [0.25, 0.3) is 5.91 Å². The predicted octanol–water partition coefficient (Wildman–Crippen LogP) is 2.43. The summed E-state index contributed by atoms with van der Waals surface area (Å²) in [7, 11) is 0. The lowest BCUT2D eigenvalue weighted by atomic mass is 10.1. The van der Waals surface area contributed by atoms with Gasteiger partial charge in [-0.2, -0.15) is 0 Å². The Hall–Kier alpha value is -2.35. The van der Waals surface area contributed by atoms with Crippen LogP contribution < -0.4 is 0 Å². The van der Waals surface area contributed by atoms with E-state index in [2.05, 4.69) is 15.1 Å². The van der Waals surface area contributed by atoms with Gasteiger partial charge in [0.1, 0.15) is 0 Å². The van der Waals surface area contributed by atoms with Gasteiger partial charge in [-0.05, 0) is 18.2 Å². The van der Waals surface area contributed by atoms with Crippen molar-refractivity contribution in [3.63, 3.8) is 0 Å². The van der Waals surface area contributed by atoms with Gasteiger partial charge in [0.05, 0.1) is 6.54 Å². The molecule has 25 heavy (non-hydrogen) atoms. The summed E-state index contributed by atoms with van der Waals surface area (Å²) in [4.78, 5) is 16.1. The smallest absolute Gasteiger partial charge is 0.254 e. The van der Waals surface area contributed by atoms with Crippen molar-refractivity contribution in [3.8, 4) is 0 Å². The van der Waals surface area contributed by atoms with Gasteiger partial charge in [0, 0.05) is 37.7 Å². The summed E-state index contributed by atoms with van der Waals surface area (Å²) in [5.74, 6) is -0.903. The number of amides is 1. The van der Waals surface area contributed by atoms with Crippen LogP contribution in [0, 0.1) is 11.6 Å². The molecule has 1 aromatic carbocycles. The standard InChI is InChI=1S/C17H20F2N4O2/c1-11(2)16-21-20-15(25-16)10-22-5-7-23(8-6-22)17(24)12-3-4-13(18)14(19)9-12/h3-4,9,11H,5-8,10H2,1-2H3. The molecule has 1 aromatic heterocycles. The van der Waals surface area contributed by atoms with Gasteiger partial charge in [0.2, 0.25) is 11.8 Å². The SMILES string of the molecule is CC(C)c1nnc(CN2CCN(C(=O)c3ccc(F)c(F)c3)CC2)o1. The van der Waals surface area contributed by atoms with Gasteiger partial charge >= 0.3 is 0 Å². The van der Waals surface area contributed by atoms with E-state index in [1.165, 1.54) is 6.07 Å². The van der Waals surface area contributed by atoms with Gasteiger partial charge in [-0.15, -0.1) is 10.2 Å². The maximum atomic E-state index is 13.3. The third kappa shape index (κ3) is 4.01. The van der Waals surface area contributed by atoms with Gasteiger partial charge in [-0.25, -0.2) is 8.78 Å². The van der Waals surface area contributed by atoms with E-state index in [0.29, 0.717) is 44.5 Å². The molecule has 8 heteroatoms. The number of halogens is 2. The molecule has 1 aliphatic rings. The summed E-state index contributed by atoms with van der Waals surface area (Å²) in [6, 6.07) is 3.22. The Morgan fingerprint density at radius 1 is 1.16 bits per heavy atom. The highest BCUT2D eigenvalue weighted by atomic mass is 19.2. The Kier molecular flexibility index (Phi) is 5.08. The van der Waals surface area contributed by atoms with E-state index in [9.17, 15) is 13.6 Å². The fraction of sp³-hybridized carbons (Fsp3) is 0.471. The number of rotatable bonds is 4. The third-order valence-electron chi connectivity index (χ3n) is 4.16. The zero-order valence-electron chi connectivity index (χ0n) is 14.2. The lowest BCUT2D eigenvalue weighted by Crippen LogP contribution is -2.48. The van der Waals surface area contributed by atoms with Crippen molar-refractivity contribution in [2.75, 3.05) is 26.2 Å². The minimum absolute atomic E-state index is 0.158. The molecule has 0 N–H and O–H groups in total. The monoisotopic (exact) mass is 350 g/mol. The van der Waals surface area contributed by atoms with E-state index in [-0.39, 0.29) is 17.4 Å². The van der Waals surface area contributed by atoms with E-state index in [1.54, 1.807) is 4.90 Å². The molecule has 0 spiro atoms. The molecule has 0 atom stereocenters. The van der Waals surface area contributed by atoms with Crippen molar-refractivity contribution in [1.82, 2.24) is 20.0 Å². The van der Waals surface area contributed by atoms with Crippen LogP contribution >= 0.6 is 0 Å². The van der Waals surface area contributed by atoms with Crippen molar-refractivity contribution in [2.24, 2.45) is 0 Å². The second-order valence-electron chi connectivity index (χ2n) is 6.39. The van der Waals surface area contributed by atoms with Gasteiger partial charge in [0.15, 0.2) is 11.6 Å². The molecule has 2 aromatic rings. The normalized spacial score (nSPS) is 15.8. The fourth-order valence-corrected chi connectivity index (χ4v) is 2.68. The quantitative estimate of drug-likeness (QED) is 0.847. The first-order chi connectivity index (χ1) is 11.9. The fourth-order valence-electron chi connectivity index (χ4n) is 2.68. The topological polar surface area (TPSA) is 62.5 Å². The van der Waals surface area contributed by atoms with Crippen molar-refractivity contribution < 1.29 is 18.0 Å². The van der Waals surface area contributed by atoms with Crippen LogP contribution in [0.3, 0.4) is 0 Å². The molecule has 1 fully saturated rings. The van der Waals surface area contributed by atoms with Gasteiger partial charge in [-0.1, -0.05) is 13.8 Å². The summed E-state index contributed by atoms with van der Waals surface area (Å²) in [5.41, 5.74) is 0.158. The second kappa shape index (κ2) is 7.26. The van der Waals surface area contributed by atoms with E-state index >= 15 is 0 Å². The molecule has 0 bridgehead atoms. The molecule has 2 heterocycles. The minimum Gasteiger partial charge on any atom is -0.424 e. The predicted molar refractivity (Wildman–Crippen MR) is 85.9 cm³/mol. The molecular formula is C17H20F2N4O2. The van der Waals surface area contributed by atoms with Crippen LogP contribution in [-0.4, -0.2) is 52.1 Å². The average molecular weight is 350 g/mol. The zero-order valence-corrected chi connectivity index (χ0v) is 14.2. The Morgan fingerprint density at radius 3 is 2.48 bits per heavy atom. The molecule has 1 amide bonds. The van der Waals surface area contributed by atoms with E-state index < -0.39 is 11.6 Å². The van der Waals surface area contributed by atoms with Crippen LogP contribution in [0.2, 0.25) is 0 Å². The van der Waals surface area contributed by atoms with Crippen molar-refractivity contribution in [1.29, 1.82) is 0 Å². The summed E-state index contributed by atoms with van der Waals surface area (Å²) in [6.07, 6.45) is 0. The number of hydrogen-bond donors (Lipinski definition) is 0.